The number of sulfonamides is 1. The number of benzene rings is 2. The predicted octanol–water partition coefficient (Wildman–Crippen LogP) is 3.07. The Kier molecular flexibility index (Phi) is 4.34. The lowest BCUT2D eigenvalue weighted by atomic mass is 10.2. The molecule has 2 rings (SSSR count). The highest BCUT2D eigenvalue weighted by Gasteiger charge is 2.17. The molecule has 0 atom stereocenters. The highest BCUT2D eigenvalue weighted by molar-refractivity contribution is 9.10. The Morgan fingerprint density at radius 1 is 1.11 bits per heavy atom. The minimum Gasteiger partial charge on any atom is -0.207 e. The van der Waals surface area contributed by atoms with E-state index in [4.69, 9.17) is 0 Å². The van der Waals surface area contributed by atoms with Gasteiger partial charge >= 0.3 is 0 Å². The number of hydrogen-bond donors (Lipinski definition) is 1. The molecule has 1 N–H and O–H groups in total. The zero-order valence-corrected chi connectivity index (χ0v) is 12.2. The molecule has 3 nitrogen and oxygen atoms in total. The van der Waals surface area contributed by atoms with E-state index in [9.17, 15) is 12.8 Å². The van der Waals surface area contributed by atoms with Crippen LogP contribution in [0.3, 0.4) is 0 Å². The first-order valence-corrected chi connectivity index (χ1v) is 7.75. The van der Waals surface area contributed by atoms with Crippen LogP contribution in [0.15, 0.2) is 57.9 Å². The third-order valence-corrected chi connectivity index (χ3v) is 4.41. The van der Waals surface area contributed by atoms with E-state index in [2.05, 4.69) is 20.7 Å². The largest absolute Gasteiger partial charge is 0.243 e. The SMILES string of the molecule is O=S(=O)(NCc1cccc(Br)c1)c1ccccc1F. The Morgan fingerprint density at radius 2 is 1.84 bits per heavy atom. The average molecular weight is 344 g/mol. The minimum atomic E-state index is -3.84. The maximum absolute atomic E-state index is 13.4. The summed E-state index contributed by atoms with van der Waals surface area (Å²) in [5, 5.41) is 0. The van der Waals surface area contributed by atoms with E-state index < -0.39 is 15.8 Å². The Labute approximate surface area is 119 Å². The third kappa shape index (κ3) is 3.62. The van der Waals surface area contributed by atoms with Gasteiger partial charge in [-0.05, 0) is 29.8 Å². The minimum absolute atomic E-state index is 0.107. The molecular formula is C13H11BrFNO2S. The van der Waals surface area contributed by atoms with Gasteiger partial charge in [-0.25, -0.2) is 17.5 Å². The Bertz CT molecular complexity index is 689. The standard InChI is InChI=1S/C13H11BrFNO2S/c14-11-5-3-4-10(8-11)9-16-19(17,18)13-7-2-1-6-12(13)15/h1-8,16H,9H2. The summed E-state index contributed by atoms with van der Waals surface area (Å²) in [7, 11) is -3.84. The number of rotatable bonds is 4. The summed E-state index contributed by atoms with van der Waals surface area (Å²) in [6.45, 7) is 0.107. The number of nitrogens with one attached hydrogen (secondary N) is 1. The van der Waals surface area contributed by atoms with Crippen LogP contribution in [0.4, 0.5) is 4.39 Å². The van der Waals surface area contributed by atoms with Crippen LogP contribution in [0.25, 0.3) is 0 Å². The molecule has 100 valence electrons. The van der Waals surface area contributed by atoms with Crippen molar-refractivity contribution in [3.8, 4) is 0 Å². The molecule has 0 aromatic heterocycles. The van der Waals surface area contributed by atoms with Gasteiger partial charge in [-0.15, -0.1) is 0 Å². The Balaban J connectivity index is 2.17. The lowest BCUT2D eigenvalue weighted by Gasteiger charge is -2.07. The molecule has 0 aliphatic heterocycles. The monoisotopic (exact) mass is 343 g/mol. The molecule has 0 heterocycles. The smallest absolute Gasteiger partial charge is 0.207 e. The summed E-state index contributed by atoms with van der Waals surface area (Å²) in [6.07, 6.45) is 0. The zero-order valence-electron chi connectivity index (χ0n) is 9.81. The van der Waals surface area contributed by atoms with E-state index in [0.717, 1.165) is 16.1 Å². The fourth-order valence-electron chi connectivity index (χ4n) is 1.57. The normalized spacial score (nSPS) is 11.5. The van der Waals surface area contributed by atoms with E-state index >= 15 is 0 Å². The quantitative estimate of drug-likeness (QED) is 0.927. The first-order valence-electron chi connectivity index (χ1n) is 5.48. The van der Waals surface area contributed by atoms with Crippen molar-refractivity contribution in [3.63, 3.8) is 0 Å². The molecule has 0 aliphatic carbocycles. The van der Waals surface area contributed by atoms with E-state index in [1.165, 1.54) is 18.2 Å². The molecule has 2 aromatic rings. The van der Waals surface area contributed by atoms with Crippen LogP contribution in [0.5, 0.6) is 0 Å². The molecule has 0 bridgehead atoms. The molecule has 0 radical (unpaired) electrons. The molecule has 0 aliphatic rings. The molecule has 0 spiro atoms. The fraction of sp³-hybridized carbons (Fsp3) is 0.0769. The summed E-state index contributed by atoms with van der Waals surface area (Å²) in [4.78, 5) is -0.343. The Hall–Kier alpha value is -1.24. The predicted molar refractivity (Wildman–Crippen MR) is 74.6 cm³/mol. The zero-order chi connectivity index (χ0) is 13.9. The van der Waals surface area contributed by atoms with Gasteiger partial charge in [0.2, 0.25) is 10.0 Å². The summed E-state index contributed by atoms with van der Waals surface area (Å²) in [5.41, 5.74) is 0.786. The van der Waals surface area contributed by atoms with Crippen LogP contribution >= 0.6 is 15.9 Å². The first-order chi connectivity index (χ1) is 8.99. The van der Waals surface area contributed by atoms with Gasteiger partial charge < -0.3 is 0 Å². The van der Waals surface area contributed by atoms with E-state index in [1.54, 1.807) is 18.2 Å². The van der Waals surface area contributed by atoms with Crippen molar-refractivity contribution in [2.24, 2.45) is 0 Å². The molecule has 2 aromatic carbocycles. The lowest BCUT2D eigenvalue weighted by molar-refractivity contribution is 0.557. The van der Waals surface area contributed by atoms with Crippen LogP contribution in [0.1, 0.15) is 5.56 Å². The van der Waals surface area contributed by atoms with Gasteiger partial charge in [0.05, 0.1) is 0 Å². The second-order valence-corrected chi connectivity index (χ2v) is 6.54. The molecular weight excluding hydrogens is 333 g/mol. The highest BCUT2D eigenvalue weighted by Crippen LogP contribution is 2.15. The fourth-order valence-corrected chi connectivity index (χ4v) is 3.11. The molecule has 0 amide bonds. The van der Waals surface area contributed by atoms with Crippen LogP contribution in [-0.2, 0) is 16.6 Å². The summed E-state index contributed by atoms with van der Waals surface area (Å²) in [6, 6.07) is 12.5. The molecule has 6 heteroatoms. The average Bonchev–Trinajstić information content (AvgIpc) is 2.37. The molecule has 0 saturated heterocycles. The maximum Gasteiger partial charge on any atom is 0.243 e. The second-order valence-electron chi connectivity index (χ2n) is 3.88. The van der Waals surface area contributed by atoms with Gasteiger partial charge in [0, 0.05) is 11.0 Å². The van der Waals surface area contributed by atoms with Crippen molar-refractivity contribution in [1.29, 1.82) is 0 Å². The van der Waals surface area contributed by atoms with Crippen LogP contribution in [0.2, 0.25) is 0 Å². The van der Waals surface area contributed by atoms with Gasteiger partial charge in [0.25, 0.3) is 0 Å². The topological polar surface area (TPSA) is 46.2 Å². The van der Waals surface area contributed by atoms with Crippen LogP contribution in [0, 0.1) is 5.82 Å². The maximum atomic E-state index is 13.4. The highest BCUT2D eigenvalue weighted by atomic mass is 79.9. The van der Waals surface area contributed by atoms with Crippen molar-refractivity contribution in [2.45, 2.75) is 11.4 Å². The number of halogens is 2. The van der Waals surface area contributed by atoms with Gasteiger partial charge in [-0.3, -0.25) is 0 Å². The summed E-state index contributed by atoms with van der Waals surface area (Å²) in [5.74, 6) is -0.760. The third-order valence-electron chi connectivity index (χ3n) is 2.48. The van der Waals surface area contributed by atoms with Crippen molar-refractivity contribution < 1.29 is 12.8 Å². The van der Waals surface area contributed by atoms with Crippen LogP contribution < -0.4 is 4.72 Å². The van der Waals surface area contributed by atoms with E-state index in [-0.39, 0.29) is 11.4 Å². The van der Waals surface area contributed by atoms with Crippen molar-refractivity contribution in [2.75, 3.05) is 0 Å². The van der Waals surface area contributed by atoms with Gasteiger partial charge in [-0.2, -0.15) is 0 Å². The van der Waals surface area contributed by atoms with Crippen molar-refractivity contribution in [1.82, 2.24) is 4.72 Å². The number of hydrogen-bond acceptors (Lipinski definition) is 2. The van der Waals surface area contributed by atoms with Crippen molar-refractivity contribution >= 4 is 26.0 Å². The van der Waals surface area contributed by atoms with Crippen LogP contribution in [-0.4, -0.2) is 8.42 Å². The Morgan fingerprint density at radius 3 is 2.53 bits per heavy atom. The van der Waals surface area contributed by atoms with E-state index in [0.29, 0.717) is 0 Å². The van der Waals surface area contributed by atoms with Gasteiger partial charge in [0.15, 0.2) is 0 Å². The summed E-state index contributed by atoms with van der Waals surface area (Å²) < 4.78 is 40.6. The van der Waals surface area contributed by atoms with Crippen molar-refractivity contribution in [3.05, 3.63) is 64.4 Å². The lowest BCUT2D eigenvalue weighted by Crippen LogP contribution is -2.24. The second kappa shape index (κ2) is 5.81. The summed E-state index contributed by atoms with van der Waals surface area (Å²) >= 11 is 3.30. The first kappa shape index (κ1) is 14.2. The van der Waals surface area contributed by atoms with E-state index in [1.807, 2.05) is 6.07 Å². The van der Waals surface area contributed by atoms with Gasteiger partial charge in [0.1, 0.15) is 10.7 Å². The van der Waals surface area contributed by atoms with Gasteiger partial charge in [-0.1, -0.05) is 40.2 Å². The molecule has 0 fully saturated rings. The molecule has 0 saturated carbocycles. The molecule has 0 unspecified atom stereocenters. The molecule has 19 heavy (non-hydrogen) atoms.